The summed E-state index contributed by atoms with van der Waals surface area (Å²) in [5.41, 5.74) is 8.49. The number of nitrogen functional groups attached to an aromatic ring is 1. The van der Waals surface area contributed by atoms with E-state index in [0.29, 0.717) is 33.6 Å². The third-order valence-electron chi connectivity index (χ3n) is 2.81. The zero-order valence-corrected chi connectivity index (χ0v) is 11.4. The second kappa shape index (κ2) is 4.94. The minimum atomic E-state index is 0.384. The molecule has 6 heteroatoms. The highest BCUT2D eigenvalue weighted by atomic mass is 35.5. The summed E-state index contributed by atoms with van der Waals surface area (Å²) < 4.78 is 10.7. The van der Waals surface area contributed by atoms with Crippen LogP contribution in [0, 0.1) is 0 Å². The van der Waals surface area contributed by atoms with Crippen LogP contribution in [-0.2, 0) is 0 Å². The van der Waals surface area contributed by atoms with Crippen LogP contribution >= 0.6 is 11.6 Å². The third kappa shape index (κ3) is 2.35. The number of ether oxygens (including phenoxy) is 1. The van der Waals surface area contributed by atoms with Gasteiger partial charge in [0.2, 0.25) is 0 Å². The van der Waals surface area contributed by atoms with Gasteiger partial charge in [0.25, 0.3) is 6.01 Å². The minimum absolute atomic E-state index is 0.384. The molecule has 1 aromatic heterocycles. The van der Waals surface area contributed by atoms with E-state index in [1.54, 1.807) is 37.4 Å². The van der Waals surface area contributed by atoms with Gasteiger partial charge >= 0.3 is 0 Å². The largest absolute Gasteiger partial charge is 0.495 e. The average molecular weight is 290 g/mol. The molecule has 3 aromatic rings. The van der Waals surface area contributed by atoms with Gasteiger partial charge in [0.1, 0.15) is 11.3 Å². The summed E-state index contributed by atoms with van der Waals surface area (Å²) in [5, 5.41) is 3.60. The maximum absolute atomic E-state index is 5.98. The van der Waals surface area contributed by atoms with Gasteiger partial charge in [-0.15, -0.1) is 0 Å². The number of hydrogen-bond donors (Lipinski definition) is 2. The molecule has 0 spiro atoms. The molecule has 0 bridgehead atoms. The Bertz CT molecular complexity index is 770. The van der Waals surface area contributed by atoms with Gasteiger partial charge in [-0.2, -0.15) is 4.98 Å². The number of hydrogen-bond acceptors (Lipinski definition) is 5. The Morgan fingerprint density at radius 3 is 2.90 bits per heavy atom. The topological polar surface area (TPSA) is 73.3 Å². The number of nitrogens with two attached hydrogens (primary N) is 1. The molecule has 0 aliphatic heterocycles. The smallest absolute Gasteiger partial charge is 0.300 e. The molecule has 1 heterocycles. The lowest BCUT2D eigenvalue weighted by atomic mass is 10.3. The number of halogens is 1. The lowest BCUT2D eigenvalue weighted by molar-refractivity contribution is 0.415. The summed E-state index contributed by atoms with van der Waals surface area (Å²) >= 11 is 5.98. The summed E-state index contributed by atoms with van der Waals surface area (Å²) in [4.78, 5) is 4.32. The van der Waals surface area contributed by atoms with Crippen LogP contribution in [0.1, 0.15) is 0 Å². The van der Waals surface area contributed by atoms with Crippen LogP contribution in [0.2, 0.25) is 5.02 Å². The summed E-state index contributed by atoms with van der Waals surface area (Å²) in [7, 11) is 1.56. The van der Waals surface area contributed by atoms with Crippen LogP contribution in [0.4, 0.5) is 17.4 Å². The number of methoxy groups -OCH3 is 1. The maximum Gasteiger partial charge on any atom is 0.300 e. The Balaban J connectivity index is 1.92. The van der Waals surface area contributed by atoms with Gasteiger partial charge < -0.3 is 20.2 Å². The van der Waals surface area contributed by atoms with Crippen molar-refractivity contribution >= 4 is 40.1 Å². The van der Waals surface area contributed by atoms with Crippen LogP contribution in [-0.4, -0.2) is 12.1 Å². The highest BCUT2D eigenvalue weighted by molar-refractivity contribution is 6.32. The molecule has 0 fully saturated rings. The molecule has 102 valence electrons. The van der Waals surface area contributed by atoms with Crippen molar-refractivity contribution < 1.29 is 9.15 Å². The number of fused-ring (bicyclic) bond motifs is 1. The van der Waals surface area contributed by atoms with Gasteiger partial charge in [-0.1, -0.05) is 11.6 Å². The highest BCUT2D eigenvalue weighted by Crippen LogP contribution is 2.30. The molecule has 0 saturated heterocycles. The average Bonchev–Trinajstić information content (AvgIpc) is 2.82. The first-order valence-electron chi connectivity index (χ1n) is 5.92. The highest BCUT2D eigenvalue weighted by Gasteiger charge is 2.08. The van der Waals surface area contributed by atoms with Crippen LogP contribution in [0.3, 0.4) is 0 Å². The van der Waals surface area contributed by atoms with Crippen molar-refractivity contribution in [3.05, 3.63) is 41.4 Å². The fraction of sp³-hybridized carbons (Fsp3) is 0.0714. The Morgan fingerprint density at radius 2 is 2.10 bits per heavy atom. The van der Waals surface area contributed by atoms with Crippen molar-refractivity contribution in [1.82, 2.24) is 4.98 Å². The number of nitrogens with zero attached hydrogens (tertiary/aromatic N) is 1. The summed E-state index contributed by atoms with van der Waals surface area (Å²) in [6.07, 6.45) is 0. The molecule has 3 N–H and O–H groups in total. The zero-order valence-electron chi connectivity index (χ0n) is 10.7. The second-order valence-corrected chi connectivity index (χ2v) is 4.63. The van der Waals surface area contributed by atoms with E-state index >= 15 is 0 Å². The molecule has 0 atom stereocenters. The van der Waals surface area contributed by atoms with Gasteiger partial charge in [0.15, 0.2) is 5.58 Å². The quantitative estimate of drug-likeness (QED) is 0.717. The molecule has 0 unspecified atom stereocenters. The van der Waals surface area contributed by atoms with E-state index < -0.39 is 0 Å². The fourth-order valence-corrected chi connectivity index (χ4v) is 2.05. The van der Waals surface area contributed by atoms with Crippen molar-refractivity contribution in [2.24, 2.45) is 0 Å². The van der Waals surface area contributed by atoms with Crippen LogP contribution in [0.25, 0.3) is 11.1 Å². The molecule has 0 saturated carbocycles. The molecule has 3 rings (SSSR count). The molecule has 0 radical (unpaired) electrons. The van der Waals surface area contributed by atoms with E-state index in [0.717, 1.165) is 5.69 Å². The predicted molar refractivity (Wildman–Crippen MR) is 79.7 cm³/mol. The number of aromatic nitrogens is 1. The number of anilines is 3. The number of nitrogens with one attached hydrogen (secondary N) is 1. The molecular weight excluding hydrogens is 278 g/mol. The first-order chi connectivity index (χ1) is 9.65. The van der Waals surface area contributed by atoms with Crippen molar-refractivity contribution in [1.29, 1.82) is 0 Å². The maximum atomic E-state index is 5.98. The summed E-state index contributed by atoms with van der Waals surface area (Å²) in [5.74, 6) is 0.581. The first-order valence-corrected chi connectivity index (χ1v) is 6.30. The van der Waals surface area contributed by atoms with E-state index in [4.69, 9.17) is 26.5 Å². The van der Waals surface area contributed by atoms with Crippen LogP contribution < -0.4 is 15.8 Å². The lowest BCUT2D eigenvalue weighted by Crippen LogP contribution is -1.92. The van der Waals surface area contributed by atoms with Crippen molar-refractivity contribution in [2.45, 2.75) is 0 Å². The van der Waals surface area contributed by atoms with E-state index in [9.17, 15) is 0 Å². The third-order valence-corrected chi connectivity index (χ3v) is 3.13. The van der Waals surface area contributed by atoms with Crippen molar-refractivity contribution in [3.8, 4) is 5.75 Å². The van der Waals surface area contributed by atoms with Gasteiger partial charge in [0, 0.05) is 17.4 Å². The monoisotopic (exact) mass is 289 g/mol. The molecule has 0 aliphatic carbocycles. The Morgan fingerprint density at radius 1 is 1.25 bits per heavy atom. The Labute approximate surface area is 120 Å². The summed E-state index contributed by atoms with van der Waals surface area (Å²) in [6, 6.07) is 11.0. The standard InChI is InChI=1S/C14H12ClN3O2/c1-19-13-7-9(3-4-10(13)15)17-14-18-11-6-8(16)2-5-12(11)20-14/h2-7H,16H2,1H3,(H,17,18). The molecule has 0 aliphatic rings. The number of rotatable bonds is 3. The molecule has 2 aromatic carbocycles. The Hall–Kier alpha value is -2.40. The van der Waals surface area contributed by atoms with Gasteiger partial charge in [0.05, 0.1) is 12.1 Å². The number of oxazole rings is 1. The van der Waals surface area contributed by atoms with Gasteiger partial charge in [-0.25, -0.2) is 0 Å². The van der Waals surface area contributed by atoms with E-state index in [1.807, 2.05) is 6.07 Å². The molecule has 5 nitrogen and oxygen atoms in total. The van der Waals surface area contributed by atoms with Crippen molar-refractivity contribution in [2.75, 3.05) is 18.2 Å². The first kappa shape index (κ1) is 12.6. The van der Waals surface area contributed by atoms with Gasteiger partial charge in [-0.3, -0.25) is 0 Å². The fourth-order valence-electron chi connectivity index (χ4n) is 1.86. The molecular formula is C14H12ClN3O2. The lowest BCUT2D eigenvalue weighted by Gasteiger charge is -2.06. The van der Waals surface area contributed by atoms with Crippen molar-refractivity contribution in [3.63, 3.8) is 0 Å². The van der Waals surface area contributed by atoms with E-state index in [1.165, 1.54) is 0 Å². The second-order valence-electron chi connectivity index (χ2n) is 4.22. The number of benzene rings is 2. The van der Waals surface area contributed by atoms with Crippen LogP contribution in [0.15, 0.2) is 40.8 Å². The van der Waals surface area contributed by atoms with Gasteiger partial charge in [-0.05, 0) is 30.3 Å². The summed E-state index contributed by atoms with van der Waals surface area (Å²) in [6.45, 7) is 0. The Kier molecular flexibility index (Phi) is 3.12. The SMILES string of the molecule is COc1cc(Nc2nc3cc(N)ccc3o2)ccc1Cl. The molecule has 0 amide bonds. The predicted octanol–water partition coefficient (Wildman–Crippen LogP) is 3.82. The van der Waals surface area contributed by atoms with Crippen LogP contribution in [0.5, 0.6) is 5.75 Å². The molecule has 20 heavy (non-hydrogen) atoms. The minimum Gasteiger partial charge on any atom is -0.495 e. The normalized spacial score (nSPS) is 10.7. The van der Waals surface area contributed by atoms with E-state index in [-0.39, 0.29) is 0 Å². The zero-order chi connectivity index (χ0) is 14.1. The van der Waals surface area contributed by atoms with E-state index in [2.05, 4.69) is 10.3 Å².